The van der Waals surface area contributed by atoms with Gasteiger partial charge in [0.05, 0.1) is 22.8 Å². The van der Waals surface area contributed by atoms with Crippen molar-refractivity contribution in [1.29, 1.82) is 0 Å². The second-order valence-electron chi connectivity index (χ2n) is 4.50. The van der Waals surface area contributed by atoms with E-state index in [4.69, 9.17) is 0 Å². The molecule has 1 aromatic heterocycles. The highest BCUT2D eigenvalue weighted by molar-refractivity contribution is 5.85. The smallest absolute Gasteiger partial charge is 0.290 e. The maximum Gasteiger partial charge on any atom is 0.290 e. The predicted molar refractivity (Wildman–Crippen MR) is 77.2 cm³/mol. The first kappa shape index (κ1) is 12.3. The maximum atomic E-state index is 10.8. The highest BCUT2D eigenvalue weighted by Crippen LogP contribution is 2.35. The van der Waals surface area contributed by atoms with Crippen LogP contribution in [0.25, 0.3) is 0 Å². The fourth-order valence-corrected chi connectivity index (χ4v) is 2.21. The molecule has 0 saturated carbocycles. The van der Waals surface area contributed by atoms with Gasteiger partial charge in [0.2, 0.25) is 0 Å². The molecule has 0 saturated heterocycles. The summed E-state index contributed by atoms with van der Waals surface area (Å²) in [5.41, 5.74) is 2.46. The van der Waals surface area contributed by atoms with Gasteiger partial charge >= 0.3 is 0 Å². The molecular formula is C14H12N4O2. The van der Waals surface area contributed by atoms with Crippen molar-refractivity contribution in [3.8, 4) is 0 Å². The van der Waals surface area contributed by atoms with Gasteiger partial charge in [-0.3, -0.25) is 15.1 Å². The molecule has 1 aromatic carbocycles. The minimum Gasteiger partial charge on any atom is -0.319 e. The van der Waals surface area contributed by atoms with E-state index >= 15 is 0 Å². The lowest BCUT2D eigenvalue weighted by atomic mass is 10.2. The molecule has 0 amide bonds. The van der Waals surface area contributed by atoms with Gasteiger partial charge in [-0.15, -0.1) is 0 Å². The van der Waals surface area contributed by atoms with Crippen LogP contribution in [0.1, 0.15) is 5.56 Å². The van der Waals surface area contributed by atoms with Gasteiger partial charge in [0.15, 0.2) is 0 Å². The number of benzene rings is 1. The number of anilines is 2. The topological polar surface area (TPSA) is 71.6 Å². The van der Waals surface area contributed by atoms with Gasteiger partial charge in [0, 0.05) is 11.8 Å². The summed E-state index contributed by atoms with van der Waals surface area (Å²) in [6.45, 7) is 2.31. The molecule has 2 heterocycles. The molecular weight excluding hydrogens is 256 g/mol. The number of fused-ring (bicyclic) bond motifs is 1. The Balaban J connectivity index is 2.04. The standard InChI is InChI=1S/C14H12N4O2/c1-10-8-14(16-9-13(10)18(19)20)17-7-6-15-11-4-2-3-5-12(11)17/h2-6,8-9H,7H2,1H3. The monoisotopic (exact) mass is 268 g/mol. The third kappa shape index (κ3) is 2.01. The molecule has 0 radical (unpaired) electrons. The third-order valence-electron chi connectivity index (χ3n) is 3.21. The van der Waals surface area contributed by atoms with E-state index in [9.17, 15) is 10.1 Å². The van der Waals surface area contributed by atoms with E-state index in [1.165, 1.54) is 6.20 Å². The summed E-state index contributed by atoms with van der Waals surface area (Å²) in [6, 6.07) is 9.48. The number of hydrogen-bond donors (Lipinski definition) is 0. The van der Waals surface area contributed by atoms with Crippen LogP contribution in [0, 0.1) is 17.0 Å². The number of nitro groups is 1. The van der Waals surface area contributed by atoms with Gasteiger partial charge < -0.3 is 4.90 Å². The zero-order chi connectivity index (χ0) is 14.1. The summed E-state index contributed by atoms with van der Waals surface area (Å²) in [7, 11) is 0. The Labute approximate surface area is 115 Å². The van der Waals surface area contributed by atoms with Gasteiger partial charge in [-0.25, -0.2) is 4.98 Å². The Morgan fingerprint density at radius 1 is 1.35 bits per heavy atom. The van der Waals surface area contributed by atoms with Crippen molar-refractivity contribution < 1.29 is 4.92 Å². The van der Waals surface area contributed by atoms with Crippen LogP contribution in [0.3, 0.4) is 0 Å². The molecule has 100 valence electrons. The Kier molecular flexibility index (Phi) is 2.90. The highest BCUT2D eigenvalue weighted by atomic mass is 16.6. The minimum atomic E-state index is -0.419. The van der Waals surface area contributed by atoms with Crippen LogP contribution in [0.2, 0.25) is 0 Å². The fourth-order valence-electron chi connectivity index (χ4n) is 2.21. The molecule has 3 rings (SSSR count). The van der Waals surface area contributed by atoms with E-state index in [1.807, 2.05) is 29.2 Å². The summed E-state index contributed by atoms with van der Waals surface area (Å²) in [5.74, 6) is 0.687. The van der Waals surface area contributed by atoms with Crippen LogP contribution >= 0.6 is 0 Å². The lowest BCUT2D eigenvalue weighted by Crippen LogP contribution is -2.23. The first-order valence-electron chi connectivity index (χ1n) is 6.17. The van der Waals surface area contributed by atoms with Crippen LogP contribution in [-0.2, 0) is 0 Å². The Morgan fingerprint density at radius 2 is 2.15 bits per heavy atom. The molecule has 1 aliphatic heterocycles. The van der Waals surface area contributed by atoms with Crippen LogP contribution in [0.5, 0.6) is 0 Å². The average Bonchev–Trinajstić information content (AvgIpc) is 2.46. The number of aliphatic imine (C=N–C) groups is 1. The van der Waals surface area contributed by atoms with Crippen molar-refractivity contribution in [2.45, 2.75) is 6.92 Å². The highest BCUT2D eigenvalue weighted by Gasteiger charge is 2.19. The predicted octanol–water partition coefficient (Wildman–Crippen LogP) is 3.15. The molecule has 1 aliphatic rings. The van der Waals surface area contributed by atoms with Crippen LogP contribution in [-0.4, -0.2) is 22.7 Å². The minimum absolute atomic E-state index is 0.0349. The summed E-state index contributed by atoms with van der Waals surface area (Å²) in [5, 5.41) is 10.8. The number of aryl methyl sites for hydroxylation is 1. The van der Waals surface area contributed by atoms with E-state index in [0.29, 0.717) is 17.9 Å². The number of para-hydroxylation sites is 2. The molecule has 6 nitrogen and oxygen atoms in total. The van der Waals surface area contributed by atoms with Gasteiger partial charge in [0.25, 0.3) is 5.69 Å². The van der Waals surface area contributed by atoms with Crippen molar-refractivity contribution in [3.05, 3.63) is 52.2 Å². The van der Waals surface area contributed by atoms with Gasteiger partial charge in [0.1, 0.15) is 12.0 Å². The van der Waals surface area contributed by atoms with Crippen LogP contribution in [0.15, 0.2) is 41.5 Å². The van der Waals surface area contributed by atoms with Crippen molar-refractivity contribution in [3.63, 3.8) is 0 Å². The van der Waals surface area contributed by atoms with Crippen LogP contribution in [0.4, 0.5) is 22.9 Å². The van der Waals surface area contributed by atoms with Gasteiger partial charge in [-0.1, -0.05) is 12.1 Å². The molecule has 0 N–H and O–H groups in total. The lowest BCUT2D eigenvalue weighted by Gasteiger charge is -2.26. The second kappa shape index (κ2) is 4.73. The summed E-state index contributed by atoms with van der Waals surface area (Å²) in [6.07, 6.45) is 3.11. The molecule has 20 heavy (non-hydrogen) atoms. The van der Waals surface area contributed by atoms with E-state index in [0.717, 1.165) is 11.4 Å². The first-order valence-corrected chi connectivity index (χ1v) is 6.17. The largest absolute Gasteiger partial charge is 0.319 e. The fraction of sp³-hybridized carbons (Fsp3) is 0.143. The lowest BCUT2D eigenvalue weighted by molar-refractivity contribution is -0.385. The molecule has 0 unspecified atom stereocenters. The van der Waals surface area contributed by atoms with Crippen LogP contribution < -0.4 is 4.90 Å². The molecule has 0 fully saturated rings. The third-order valence-corrected chi connectivity index (χ3v) is 3.21. The van der Waals surface area contributed by atoms with Crippen molar-refractivity contribution >= 4 is 29.1 Å². The molecule has 0 aliphatic carbocycles. The normalized spacial score (nSPS) is 13.2. The zero-order valence-corrected chi connectivity index (χ0v) is 10.9. The number of nitrogens with zero attached hydrogens (tertiary/aromatic N) is 4. The Hall–Kier alpha value is -2.76. The van der Waals surface area contributed by atoms with Gasteiger partial charge in [-0.2, -0.15) is 0 Å². The summed E-state index contributed by atoms with van der Waals surface area (Å²) in [4.78, 5) is 20.9. The molecule has 0 bridgehead atoms. The van der Waals surface area contributed by atoms with E-state index in [-0.39, 0.29) is 5.69 Å². The van der Waals surface area contributed by atoms with Crippen molar-refractivity contribution in [1.82, 2.24) is 4.98 Å². The number of pyridine rings is 1. The van der Waals surface area contributed by atoms with E-state index in [1.54, 1.807) is 19.2 Å². The SMILES string of the molecule is Cc1cc(N2CC=Nc3ccccc32)ncc1[N+](=O)[O-]. The number of rotatable bonds is 2. The maximum absolute atomic E-state index is 10.8. The molecule has 6 heteroatoms. The molecule has 0 spiro atoms. The van der Waals surface area contributed by atoms with Gasteiger partial charge in [-0.05, 0) is 25.1 Å². The van der Waals surface area contributed by atoms with Crippen molar-refractivity contribution in [2.75, 3.05) is 11.4 Å². The quantitative estimate of drug-likeness (QED) is 0.619. The second-order valence-corrected chi connectivity index (χ2v) is 4.50. The summed E-state index contributed by atoms with van der Waals surface area (Å²) >= 11 is 0. The average molecular weight is 268 g/mol. The number of aromatic nitrogens is 1. The summed E-state index contributed by atoms with van der Waals surface area (Å²) < 4.78 is 0. The van der Waals surface area contributed by atoms with E-state index < -0.39 is 4.92 Å². The van der Waals surface area contributed by atoms with E-state index in [2.05, 4.69) is 9.98 Å². The Morgan fingerprint density at radius 3 is 2.90 bits per heavy atom. The zero-order valence-electron chi connectivity index (χ0n) is 10.9. The number of hydrogen-bond acceptors (Lipinski definition) is 5. The van der Waals surface area contributed by atoms with Crippen molar-refractivity contribution in [2.24, 2.45) is 4.99 Å². The molecule has 0 atom stereocenters. The molecule has 2 aromatic rings. The Bertz CT molecular complexity index is 712. The first-order chi connectivity index (χ1) is 9.66.